The number of rotatable bonds is 5. The minimum Gasteiger partial charge on any atom is -0.486 e. The van der Waals surface area contributed by atoms with Gasteiger partial charge in [-0.15, -0.1) is 10.2 Å². The maximum atomic E-state index is 5.84. The van der Waals surface area contributed by atoms with E-state index in [-0.39, 0.29) is 0 Å². The van der Waals surface area contributed by atoms with Gasteiger partial charge in [0.1, 0.15) is 12.4 Å². The summed E-state index contributed by atoms with van der Waals surface area (Å²) in [6.07, 6.45) is 1.78. The van der Waals surface area contributed by atoms with Crippen molar-refractivity contribution in [2.45, 2.75) is 13.5 Å². The lowest BCUT2D eigenvalue weighted by Gasteiger charge is -2.06. The molecule has 1 N–H and O–H groups in total. The van der Waals surface area contributed by atoms with Gasteiger partial charge < -0.3 is 10.1 Å². The highest BCUT2D eigenvalue weighted by Gasteiger charge is 2.06. The number of nitrogens with one attached hydrogen (secondary N) is 1. The average molecular weight is 286 g/mol. The first-order chi connectivity index (χ1) is 9.86. The number of ether oxygens (including phenoxy) is 1. The van der Waals surface area contributed by atoms with E-state index < -0.39 is 0 Å². The van der Waals surface area contributed by atoms with E-state index in [1.807, 2.05) is 37.3 Å². The molecular formula is C14H14N4OS. The quantitative estimate of drug-likeness (QED) is 0.781. The molecule has 0 aliphatic rings. The minimum atomic E-state index is 0.414. The van der Waals surface area contributed by atoms with Crippen LogP contribution in [0.25, 0.3) is 10.9 Å². The first-order valence-corrected chi connectivity index (χ1v) is 7.21. The third-order valence-electron chi connectivity index (χ3n) is 2.75. The fourth-order valence-corrected chi connectivity index (χ4v) is 2.60. The van der Waals surface area contributed by atoms with Crippen molar-refractivity contribution in [2.24, 2.45) is 0 Å². The van der Waals surface area contributed by atoms with Crippen molar-refractivity contribution in [1.82, 2.24) is 15.2 Å². The van der Waals surface area contributed by atoms with Crippen molar-refractivity contribution in [3.05, 3.63) is 41.5 Å². The summed E-state index contributed by atoms with van der Waals surface area (Å²) in [7, 11) is 0. The highest BCUT2D eigenvalue weighted by molar-refractivity contribution is 7.15. The second-order valence-corrected chi connectivity index (χ2v) is 5.21. The zero-order valence-electron chi connectivity index (χ0n) is 11.0. The fourth-order valence-electron chi connectivity index (χ4n) is 1.88. The van der Waals surface area contributed by atoms with Crippen LogP contribution < -0.4 is 10.1 Å². The van der Waals surface area contributed by atoms with Crippen LogP contribution in [0.15, 0.2) is 36.5 Å². The van der Waals surface area contributed by atoms with Crippen LogP contribution in [0, 0.1) is 0 Å². The van der Waals surface area contributed by atoms with Gasteiger partial charge in [-0.25, -0.2) is 0 Å². The van der Waals surface area contributed by atoms with Crippen LogP contribution in [0.1, 0.15) is 11.9 Å². The molecule has 102 valence electrons. The van der Waals surface area contributed by atoms with Gasteiger partial charge in [-0.05, 0) is 31.2 Å². The zero-order valence-corrected chi connectivity index (χ0v) is 11.9. The highest BCUT2D eigenvalue weighted by atomic mass is 32.1. The molecule has 0 spiro atoms. The maximum absolute atomic E-state index is 5.84. The summed E-state index contributed by atoms with van der Waals surface area (Å²) in [5, 5.41) is 14.0. The Morgan fingerprint density at radius 3 is 3.05 bits per heavy atom. The summed E-state index contributed by atoms with van der Waals surface area (Å²) in [5.41, 5.74) is 0.926. The van der Waals surface area contributed by atoms with Gasteiger partial charge in [0.2, 0.25) is 5.13 Å². The third kappa shape index (κ3) is 2.70. The topological polar surface area (TPSA) is 59.9 Å². The molecule has 0 fully saturated rings. The summed E-state index contributed by atoms with van der Waals surface area (Å²) in [4.78, 5) is 4.31. The number of hydrogen-bond acceptors (Lipinski definition) is 6. The fraction of sp³-hybridized carbons (Fsp3) is 0.214. The number of pyridine rings is 1. The molecule has 2 aromatic heterocycles. The molecule has 6 heteroatoms. The smallest absolute Gasteiger partial charge is 0.205 e. The molecule has 5 nitrogen and oxygen atoms in total. The first-order valence-electron chi connectivity index (χ1n) is 6.39. The molecule has 20 heavy (non-hydrogen) atoms. The van der Waals surface area contributed by atoms with Crippen LogP contribution in [0.3, 0.4) is 0 Å². The summed E-state index contributed by atoms with van der Waals surface area (Å²) in [5.74, 6) is 0.816. The molecule has 0 atom stereocenters. The van der Waals surface area contributed by atoms with E-state index in [4.69, 9.17) is 4.74 Å². The van der Waals surface area contributed by atoms with Crippen LogP contribution >= 0.6 is 11.3 Å². The Morgan fingerprint density at radius 2 is 2.15 bits per heavy atom. The minimum absolute atomic E-state index is 0.414. The predicted octanol–water partition coefficient (Wildman–Crippen LogP) is 3.10. The SMILES string of the molecule is CCNc1nnc(COc2cccc3ncccc23)s1. The van der Waals surface area contributed by atoms with Crippen LogP contribution in [-0.4, -0.2) is 21.7 Å². The average Bonchev–Trinajstić information content (AvgIpc) is 2.93. The maximum Gasteiger partial charge on any atom is 0.205 e. The Balaban J connectivity index is 1.76. The monoisotopic (exact) mass is 286 g/mol. The Kier molecular flexibility index (Phi) is 3.73. The van der Waals surface area contributed by atoms with Gasteiger partial charge in [-0.3, -0.25) is 4.98 Å². The molecule has 0 amide bonds. The Bertz CT molecular complexity index is 708. The van der Waals surface area contributed by atoms with Crippen molar-refractivity contribution < 1.29 is 4.74 Å². The standard InChI is InChI=1S/C14H14N4OS/c1-2-15-14-18-17-13(20-14)9-19-12-7-3-6-11-10(12)5-4-8-16-11/h3-8H,2,9H2,1H3,(H,15,18). The van der Waals surface area contributed by atoms with E-state index in [0.717, 1.165) is 33.3 Å². The lowest BCUT2D eigenvalue weighted by Crippen LogP contribution is -1.95. The van der Waals surface area contributed by atoms with Crippen molar-refractivity contribution in [2.75, 3.05) is 11.9 Å². The Morgan fingerprint density at radius 1 is 1.20 bits per heavy atom. The van der Waals surface area contributed by atoms with E-state index in [1.165, 1.54) is 11.3 Å². The Labute approximate surface area is 120 Å². The van der Waals surface area contributed by atoms with Gasteiger partial charge in [0.05, 0.1) is 5.52 Å². The predicted molar refractivity (Wildman–Crippen MR) is 80.1 cm³/mol. The van der Waals surface area contributed by atoms with Crippen molar-refractivity contribution >= 4 is 27.4 Å². The van der Waals surface area contributed by atoms with E-state index in [9.17, 15) is 0 Å². The van der Waals surface area contributed by atoms with Crippen LogP contribution in [0.2, 0.25) is 0 Å². The lowest BCUT2D eigenvalue weighted by molar-refractivity contribution is 0.308. The van der Waals surface area contributed by atoms with E-state index in [2.05, 4.69) is 20.5 Å². The summed E-state index contributed by atoms with van der Waals surface area (Å²) < 4.78 is 5.84. The van der Waals surface area contributed by atoms with E-state index >= 15 is 0 Å². The van der Waals surface area contributed by atoms with E-state index in [0.29, 0.717) is 6.61 Å². The van der Waals surface area contributed by atoms with Crippen molar-refractivity contribution in [3.63, 3.8) is 0 Å². The van der Waals surface area contributed by atoms with Crippen molar-refractivity contribution in [1.29, 1.82) is 0 Å². The van der Waals surface area contributed by atoms with E-state index in [1.54, 1.807) is 6.20 Å². The summed E-state index contributed by atoms with van der Waals surface area (Å²) in [6.45, 7) is 3.28. The van der Waals surface area contributed by atoms with Crippen molar-refractivity contribution in [3.8, 4) is 5.75 Å². The molecule has 0 aliphatic carbocycles. The largest absolute Gasteiger partial charge is 0.486 e. The number of benzene rings is 1. The molecule has 0 unspecified atom stereocenters. The second kappa shape index (κ2) is 5.83. The summed E-state index contributed by atoms with van der Waals surface area (Å²) >= 11 is 1.51. The molecule has 0 saturated heterocycles. The van der Waals surface area contributed by atoms with Gasteiger partial charge in [0, 0.05) is 18.1 Å². The third-order valence-corrected chi connectivity index (χ3v) is 3.61. The lowest BCUT2D eigenvalue weighted by atomic mass is 10.2. The summed E-state index contributed by atoms with van der Waals surface area (Å²) in [6, 6.07) is 9.76. The number of nitrogens with zero attached hydrogens (tertiary/aromatic N) is 3. The molecule has 0 aliphatic heterocycles. The van der Waals surface area contributed by atoms with Crippen LogP contribution in [0.5, 0.6) is 5.75 Å². The van der Waals surface area contributed by atoms with Crippen LogP contribution in [0.4, 0.5) is 5.13 Å². The molecule has 1 aromatic carbocycles. The van der Waals surface area contributed by atoms with Gasteiger partial charge in [-0.1, -0.05) is 17.4 Å². The number of anilines is 1. The van der Waals surface area contributed by atoms with Gasteiger partial charge in [-0.2, -0.15) is 0 Å². The second-order valence-electron chi connectivity index (χ2n) is 4.15. The molecule has 0 bridgehead atoms. The normalized spacial score (nSPS) is 10.7. The number of hydrogen-bond donors (Lipinski definition) is 1. The first kappa shape index (κ1) is 12.8. The molecule has 2 heterocycles. The molecular weight excluding hydrogens is 272 g/mol. The highest BCUT2D eigenvalue weighted by Crippen LogP contribution is 2.25. The van der Waals surface area contributed by atoms with Gasteiger partial charge in [0.25, 0.3) is 0 Å². The zero-order chi connectivity index (χ0) is 13.8. The number of fused-ring (bicyclic) bond motifs is 1. The van der Waals surface area contributed by atoms with Crippen LogP contribution in [-0.2, 0) is 6.61 Å². The molecule has 3 aromatic rings. The molecule has 0 saturated carbocycles. The molecule has 0 radical (unpaired) electrons. The van der Waals surface area contributed by atoms with Gasteiger partial charge in [0.15, 0.2) is 5.01 Å². The molecule has 3 rings (SSSR count). The number of aromatic nitrogens is 3. The Hall–Kier alpha value is -2.21. The van der Waals surface area contributed by atoms with Gasteiger partial charge >= 0.3 is 0 Å².